The predicted molar refractivity (Wildman–Crippen MR) is 74.1 cm³/mol. The first-order chi connectivity index (χ1) is 8.97. The first-order valence-corrected chi connectivity index (χ1v) is 7.06. The number of nitro groups is 1. The minimum absolute atomic E-state index is 0.129. The fraction of sp³-hybridized carbons (Fsp3) is 0.167. The summed E-state index contributed by atoms with van der Waals surface area (Å²) in [5, 5.41) is 12.9. The largest absolute Gasteiger partial charge is 0.294 e. The van der Waals surface area contributed by atoms with Gasteiger partial charge in [-0.25, -0.2) is 4.98 Å². The summed E-state index contributed by atoms with van der Waals surface area (Å²) in [7, 11) is 0. The van der Waals surface area contributed by atoms with Crippen molar-refractivity contribution >= 4 is 34.6 Å². The molecule has 0 spiro atoms. The molecule has 0 bridgehead atoms. The van der Waals surface area contributed by atoms with Gasteiger partial charge in [-0.05, 0) is 26.0 Å². The van der Waals surface area contributed by atoms with E-state index >= 15 is 0 Å². The summed E-state index contributed by atoms with van der Waals surface area (Å²) in [5.74, 6) is -0.312. The highest BCUT2D eigenvalue weighted by Crippen LogP contribution is 2.33. The van der Waals surface area contributed by atoms with Crippen LogP contribution >= 0.6 is 23.1 Å². The number of aromatic nitrogens is 1. The van der Waals surface area contributed by atoms with Gasteiger partial charge in [0.2, 0.25) is 0 Å². The van der Waals surface area contributed by atoms with Crippen LogP contribution in [0.1, 0.15) is 23.0 Å². The van der Waals surface area contributed by atoms with E-state index in [-0.39, 0.29) is 17.0 Å². The molecule has 0 amide bonds. The smallest absolute Gasteiger partial charge is 0.281 e. The maximum absolute atomic E-state index is 11.3. The van der Waals surface area contributed by atoms with Crippen LogP contribution in [0.15, 0.2) is 32.8 Å². The van der Waals surface area contributed by atoms with Gasteiger partial charge in [0.1, 0.15) is 0 Å². The van der Waals surface area contributed by atoms with Crippen LogP contribution < -0.4 is 0 Å². The summed E-state index contributed by atoms with van der Waals surface area (Å²) in [6.45, 7) is 3.21. The number of nitro benzene ring substituents is 1. The van der Waals surface area contributed by atoms with E-state index in [1.165, 1.54) is 42.2 Å². The minimum atomic E-state index is -0.534. The Hall–Kier alpha value is -1.73. The van der Waals surface area contributed by atoms with Gasteiger partial charge in [0.05, 0.1) is 10.5 Å². The predicted octanol–water partition coefficient (Wildman–Crippen LogP) is 3.71. The molecule has 1 aromatic heterocycles. The molecule has 0 saturated heterocycles. The van der Waals surface area contributed by atoms with E-state index in [9.17, 15) is 14.9 Å². The highest BCUT2D eigenvalue weighted by Gasteiger charge is 2.18. The molecule has 0 aliphatic rings. The van der Waals surface area contributed by atoms with Gasteiger partial charge in [-0.1, -0.05) is 11.8 Å². The summed E-state index contributed by atoms with van der Waals surface area (Å²) in [6.07, 6.45) is 0. The topological polar surface area (TPSA) is 73.1 Å². The van der Waals surface area contributed by atoms with Crippen molar-refractivity contribution in [2.24, 2.45) is 0 Å². The van der Waals surface area contributed by atoms with Crippen molar-refractivity contribution in [3.05, 3.63) is 45.0 Å². The lowest BCUT2D eigenvalue weighted by Gasteiger charge is -2.02. The zero-order valence-electron chi connectivity index (χ0n) is 10.2. The number of nitrogens with zero attached hydrogens (tertiary/aromatic N) is 2. The first kappa shape index (κ1) is 13.7. The van der Waals surface area contributed by atoms with Gasteiger partial charge in [-0.3, -0.25) is 14.9 Å². The Morgan fingerprint density at radius 1 is 1.47 bits per heavy atom. The van der Waals surface area contributed by atoms with Crippen LogP contribution in [0, 0.1) is 17.0 Å². The molecule has 98 valence electrons. The van der Waals surface area contributed by atoms with E-state index in [1.807, 2.05) is 12.3 Å². The molecule has 5 nitrogen and oxygen atoms in total. The van der Waals surface area contributed by atoms with Crippen LogP contribution in [-0.2, 0) is 0 Å². The summed E-state index contributed by atoms with van der Waals surface area (Å²) in [4.78, 5) is 26.7. The summed E-state index contributed by atoms with van der Waals surface area (Å²) >= 11 is 2.84. The van der Waals surface area contributed by atoms with E-state index in [2.05, 4.69) is 4.98 Å². The Balaban J connectivity index is 2.35. The van der Waals surface area contributed by atoms with E-state index in [4.69, 9.17) is 0 Å². The lowest BCUT2D eigenvalue weighted by Crippen LogP contribution is -2.00. The number of Topliss-reactive ketones (excluding diaryl/α,β-unsaturated/α-hetero) is 1. The number of aryl methyl sites for hydroxylation is 1. The van der Waals surface area contributed by atoms with E-state index in [1.54, 1.807) is 6.07 Å². The van der Waals surface area contributed by atoms with Crippen LogP contribution in [0.3, 0.4) is 0 Å². The van der Waals surface area contributed by atoms with Crippen molar-refractivity contribution in [3.8, 4) is 0 Å². The summed E-state index contributed by atoms with van der Waals surface area (Å²) in [6, 6.07) is 4.60. The fourth-order valence-corrected chi connectivity index (χ4v) is 3.35. The lowest BCUT2D eigenvalue weighted by atomic mass is 10.1. The third-order valence-electron chi connectivity index (χ3n) is 2.35. The van der Waals surface area contributed by atoms with Gasteiger partial charge in [0.15, 0.2) is 10.1 Å². The highest BCUT2D eigenvalue weighted by molar-refractivity contribution is 8.01. The zero-order valence-corrected chi connectivity index (χ0v) is 11.9. The van der Waals surface area contributed by atoms with Gasteiger partial charge in [-0.15, -0.1) is 11.3 Å². The zero-order chi connectivity index (χ0) is 14.0. The van der Waals surface area contributed by atoms with E-state index in [0.29, 0.717) is 4.90 Å². The maximum atomic E-state index is 11.3. The van der Waals surface area contributed by atoms with Gasteiger partial charge in [0.25, 0.3) is 5.69 Å². The highest BCUT2D eigenvalue weighted by atomic mass is 32.2. The first-order valence-electron chi connectivity index (χ1n) is 5.36. The van der Waals surface area contributed by atoms with E-state index in [0.717, 1.165) is 10.0 Å². The van der Waals surface area contributed by atoms with Crippen molar-refractivity contribution in [1.82, 2.24) is 4.98 Å². The monoisotopic (exact) mass is 294 g/mol. The Bertz CT molecular complexity index is 652. The average Bonchev–Trinajstić information content (AvgIpc) is 2.74. The second-order valence-corrected chi connectivity index (χ2v) is 6.03. The third-order valence-corrected chi connectivity index (χ3v) is 4.39. The molecule has 0 N–H and O–H groups in total. The number of thiazole rings is 1. The second kappa shape index (κ2) is 5.50. The molecule has 19 heavy (non-hydrogen) atoms. The molecule has 0 fully saturated rings. The molecular weight excluding hydrogens is 284 g/mol. The Morgan fingerprint density at radius 3 is 2.74 bits per heavy atom. The SMILES string of the molecule is CC(=O)c1ccc(Sc2nc(C)cs2)cc1[N+](=O)[O-]. The van der Waals surface area contributed by atoms with Crippen molar-refractivity contribution in [3.63, 3.8) is 0 Å². The minimum Gasteiger partial charge on any atom is -0.294 e. The number of hydrogen-bond donors (Lipinski definition) is 0. The van der Waals surface area contributed by atoms with Gasteiger partial charge >= 0.3 is 0 Å². The number of carbonyl (C=O) groups is 1. The molecule has 1 heterocycles. The summed E-state index contributed by atoms with van der Waals surface area (Å²) in [5.41, 5.74) is 0.887. The fourth-order valence-electron chi connectivity index (χ4n) is 1.50. The molecule has 0 aliphatic carbocycles. The number of benzene rings is 1. The molecule has 0 saturated carbocycles. The second-order valence-electron chi connectivity index (χ2n) is 3.85. The Labute approximate surface area is 117 Å². The van der Waals surface area contributed by atoms with Crippen LogP contribution in [0.4, 0.5) is 5.69 Å². The van der Waals surface area contributed by atoms with Crippen LogP contribution in [0.2, 0.25) is 0 Å². The van der Waals surface area contributed by atoms with E-state index < -0.39 is 4.92 Å². The standard InChI is InChI=1S/C12H10N2O3S2/c1-7-6-18-12(13-7)19-9-3-4-10(8(2)15)11(5-9)14(16)17/h3-6H,1-2H3. The molecule has 7 heteroatoms. The average molecular weight is 294 g/mol. The molecule has 0 aliphatic heterocycles. The van der Waals surface area contributed by atoms with Gasteiger partial charge < -0.3 is 0 Å². The van der Waals surface area contributed by atoms with Gasteiger partial charge in [-0.2, -0.15) is 0 Å². The number of rotatable bonds is 4. The molecule has 2 rings (SSSR count). The molecule has 2 aromatic rings. The molecule has 1 aromatic carbocycles. The number of carbonyl (C=O) groups excluding carboxylic acids is 1. The lowest BCUT2D eigenvalue weighted by molar-refractivity contribution is -0.385. The molecule has 0 unspecified atom stereocenters. The quantitative estimate of drug-likeness (QED) is 0.488. The van der Waals surface area contributed by atoms with Gasteiger partial charge in [0, 0.05) is 22.0 Å². The Kier molecular flexibility index (Phi) is 3.96. The normalized spacial score (nSPS) is 10.4. The molecule has 0 radical (unpaired) electrons. The van der Waals surface area contributed by atoms with Crippen molar-refractivity contribution in [2.45, 2.75) is 23.1 Å². The number of hydrogen-bond acceptors (Lipinski definition) is 6. The van der Waals surface area contributed by atoms with Crippen molar-refractivity contribution in [2.75, 3.05) is 0 Å². The molecule has 0 atom stereocenters. The molecular formula is C12H10N2O3S2. The Morgan fingerprint density at radius 2 is 2.21 bits per heavy atom. The van der Waals surface area contributed by atoms with Crippen LogP contribution in [0.5, 0.6) is 0 Å². The van der Waals surface area contributed by atoms with Crippen molar-refractivity contribution < 1.29 is 9.72 Å². The maximum Gasteiger partial charge on any atom is 0.281 e. The number of ketones is 1. The van der Waals surface area contributed by atoms with Crippen LogP contribution in [-0.4, -0.2) is 15.7 Å². The third kappa shape index (κ3) is 3.18. The van der Waals surface area contributed by atoms with Crippen molar-refractivity contribution in [1.29, 1.82) is 0 Å². The van der Waals surface area contributed by atoms with Crippen LogP contribution in [0.25, 0.3) is 0 Å². The summed E-state index contributed by atoms with van der Waals surface area (Å²) < 4.78 is 0.822.